The van der Waals surface area contributed by atoms with Crippen molar-refractivity contribution in [3.8, 4) is 16.3 Å². The number of methoxy groups -OCH3 is 1. The van der Waals surface area contributed by atoms with Gasteiger partial charge in [-0.05, 0) is 30.4 Å². The molecule has 0 bridgehead atoms. The van der Waals surface area contributed by atoms with Crippen molar-refractivity contribution in [1.29, 1.82) is 0 Å². The van der Waals surface area contributed by atoms with E-state index in [-0.39, 0.29) is 5.91 Å². The molecule has 1 aliphatic carbocycles. The lowest BCUT2D eigenvalue weighted by atomic mass is 9.94. The fraction of sp³-hybridized carbons (Fsp3) is 0.250. The largest absolute Gasteiger partial charge is 0.496 e. The van der Waals surface area contributed by atoms with Crippen molar-refractivity contribution < 1.29 is 9.53 Å². The predicted molar refractivity (Wildman–Crippen MR) is 101 cm³/mol. The first-order chi connectivity index (χ1) is 12.7. The number of ether oxygens (including phenoxy) is 1. The number of benzene rings is 1. The van der Waals surface area contributed by atoms with Crippen LogP contribution in [0.2, 0.25) is 0 Å². The molecule has 2 heterocycles. The third-order valence-corrected chi connectivity index (χ3v) is 5.63. The Morgan fingerprint density at radius 3 is 2.73 bits per heavy atom. The van der Waals surface area contributed by atoms with Crippen molar-refractivity contribution >= 4 is 17.2 Å². The van der Waals surface area contributed by atoms with Crippen molar-refractivity contribution in [3.63, 3.8) is 0 Å². The molecule has 2 aromatic heterocycles. The molecule has 0 spiro atoms. The number of hydrogen-bond donors (Lipinski definition) is 1. The van der Waals surface area contributed by atoms with E-state index >= 15 is 0 Å². The van der Waals surface area contributed by atoms with Gasteiger partial charge in [0.05, 0.1) is 29.6 Å². The first kappa shape index (κ1) is 16.7. The number of para-hydroxylation sites is 1. The Morgan fingerprint density at radius 2 is 2.00 bits per heavy atom. The molecule has 1 aromatic carbocycles. The summed E-state index contributed by atoms with van der Waals surface area (Å²) >= 11 is 1.61. The van der Waals surface area contributed by atoms with Gasteiger partial charge in [-0.15, -0.1) is 11.3 Å². The van der Waals surface area contributed by atoms with Crippen molar-refractivity contribution in [2.75, 3.05) is 7.11 Å². The summed E-state index contributed by atoms with van der Waals surface area (Å²) in [5.41, 5.74) is 2.07. The van der Waals surface area contributed by atoms with Crippen LogP contribution in [-0.4, -0.2) is 23.0 Å². The van der Waals surface area contributed by atoms with Crippen LogP contribution in [0.25, 0.3) is 10.6 Å². The van der Waals surface area contributed by atoms with E-state index in [9.17, 15) is 4.79 Å². The highest BCUT2D eigenvalue weighted by Crippen LogP contribution is 2.51. The standard InChI is InChI=1S/C20H19N3O2S/c1-25-16-6-3-2-5-14(16)20(8-9-20)19(24)23-13-15-18(22-11-10-21-15)17-7-4-12-26-17/h2-7,10-12H,8-9,13H2,1H3,(H,23,24). The van der Waals surface area contributed by atoms with E-state index in [1.165, 1.54) is 0 Å². The first-order valence-corrected chi connectivity index (χ1v) is 9.38. The van der Waals surface area contributed by atoms with Crippen LogP contribution in [0.4, 0.5) is 0 Å². The van der Waals surface area contributed by atoms with Gasteiger partial charge < -0.3 is 10.1 Å². The highest BCUT2D eigenvalue weighted by atomic mass is 32.1. The van der Waals surface area contributed by atoms with Gasteiger partial charge in [-0.25, -0.2) is 0 Å². The molecule has 0 aliphatic heterocycles. The molecule has 1 amide bonds. The third-order valence-electron chi connectivity index (χ3n) is 4.75. The minimum atomic E-state index is -0.488. The number of aromatic nitrogens is 2. The van der Waals surface area contributed by atoms with Gasteiger partial charge in [0.1, 0.15) is 11.4 Å². The number of carbonyl (C=O) groups is 1. The number of carbonyl (C=O) groups excluding carboxylic acids is 1. The molecule has 132 valence electrons. The van der Waals surface area contributed by atoms with Crippen LogP contribution in [0.15, 0.2) is 54.2 Å². The molecular weight excluding hydrogens is 346 g/mol. The van der Waals surface area contributed by atoms with Crippen LogP contribution in [0, 0.1) is 0 Å². The van der Waals surface area contributed by atoms with Crippen molar-refractivity contribution in [1.82, 2.24) is 15.3 Å². The number of nitrogens with zero attached hydrogens (tertiary/aromatic N) is 2. The molecule has 1 N–H and O–H groups in total. The molecule has 1 fully saturated rings. The highest BCUT2D eigenvalue weighted by molar-refractivity contribution is 7.13. The molecule has 5 nitrogen and oxygen atoms in total. The van der Waals surface area contributed by atoms with Gasteiger partial charge in [0.2, 0.25) is 5.91 Å². The van der Waals surface area contributed by atoms with Gasteiger partial charge >= 0.3 is 0 Å². The molecule has 4 rings (SSSR count). The minimum Gasteiger partial charge on any atom is -0.496 e. The number of hydrogen-bond acceptors (Lipinski definition) is 5. The SMILES string of the molecule is COc1ccccc1C1(C(=O)NCc2nccnc2-c2cccs2)CC1. The van der Waals surface area contributed by atoms with Gasteiger partial charge in [0.15, 0.2) is 0 Å². The van der Waals surface area contributed by atoms with E-state index in [1.807, 2.05) is 41.8 Å². The average molecular weight is 365 g/mol. The van der Waals surface area contributed by atoms with Gasteiger partial charge in [-0.2, -0.15) is 0 Å². The normalized spacial score (nSPS) is 14.7. The zero-order chi connectivity index (χ0) is 18.0. The Morgan fingerprint density at radius 1 is 1.19 bits per heavy atom. The van der Waals surface area contributed by atoms with Crippen LogP contribution >= 0.6 is 11.3 Å². The van der Waals surface area contributed by atoms with E-state index < -0.39 is 5.41 Å². The maximum atomic E-state index is 13.0. The van der Waals surface area contributed by atoms with E-state index in [2.05, 4.69) is 15.3 Å². The molecule has 3 aromatic rings. The highest BCUT2D eigenvalue weighted by Gasteiger charge is 2.52. The first-order valence-electron chi connectivity index (χ1n) is 8.50. The molecule has 0 unspecified atom stereocenters. The second-order valence-corrected chi connectivity index (χ2v) is 7.24. The molecular formula is C20H19N3O2S. The third kappa shape index (κ3) is 2.97. The number of amides is 1. The van der Waals surface area contributed by atoms with E-state index in [4.69, 9.17) is 4.74 Å². The zero-order valence-electron chi connectivity index (χ0n) is 14.4. The number of rotatable bonds is 6. The Labute approximate surface area is 156 Å². The molecule has 0 saturated heterocycles. The Balaban J connectivity index is 1.54. The molecule has 26 heavy (non-hydrogen) atoms. The van der Waals surface area contributed by atoms with Crippen LogP contribution in [0.3, 0.4) is 0 Å². The summed E-state index contributed by atoms with van der Waals surface area (Å²) in [4.78, 5) is 22.9. The topological polar surface area (TPSA) is 64.1 Å². The summed E-state index contributed by atoms with van der Waals surface area (Å²) in [6, 6.07) is 11.7. The molecule has 6 heteroatoms. The zero-order valence-corrected chi connectivity index (χ0v) is 15.3. The van der Waals surface area contributed by atoms with Gasteiger partial charge in [0, 0.05) is 18.0 Å². The van der Waals surface area contributed by atoms with Gasteiger partial charge in [-0.3, -0.25) is 14.8 Å². The second kappa shape index (κ2) is 6.88. The second-order valence-electron chi connectivity index (χ2n) is 6.29. The molecule has 0 atom stereocenters. The molecule has 0 radical (unpaired) electrons. The minimum absolute atomic E-state index is 0.0183. The van der Waals surface area contributed by atoms with Crippen LogP contribution in [0.1, 0.15) is 24.1 Å². The summed E-state index contributed by atoms with van der Waals surface area (Å²) in [6.07, 6.45) is 5.00. The van der Waals surface area contributed by atoms with Crippen molar-refractivity contribution in [3.05, 3.63) is 65.4 Å². The summed E-state index contributed by atoms with van der Waals surface area (Å²) in [6.45, 7) is 0.358. The lowest BCUT2D eigenvalue weighted by molar-refractivity contribution is -0.123. The summed E-state index contributed by atoms with van der Waals surface area (Å²) in [7, 11) is 1.64. The molecule has 1 aliphatic rings. The van der Waals surface area contributed by atoms with Crippen LogP contribution in [0.5, 0.6) is 5.75 Å². The monoisotopic (exact) mass is 365 g/mol. The van der Waals surface area contributed by atoms with E-state index in [0.29, 0.717) is 6.54 Å². The number of nitrogens with one attached hydrogen (secondary N) is 1. The summed E-state index contributed by atoms with van der Waals surface area (Å²) < 4.78 is 5.45. The summed E-state index contributed by atoms with van der Waals surface area (Å²) in [5.74, 6) is 0.781. The van der Waals surface area contributed by atoms with Crippen LogP contribution in [-0.2, 0) is 16.8 Å². The number of thiophene rings is 1. The average Bonchev–Trinajstić information content (AvgIpc) is 3.32. The quantitative estimate of drug-likeness (QED) is 0.725. The van der Waals surface area contributed by atoms with Crippen molar-refractivity contribution in [2.24, 2.45) is 0 Å². The Bertz CT molecular complexity index is 920. The van der Waals surface area contributed by atoms with Gasteiger partial charge in [-0.1, -0.05) is 24.3 Å². The fourth-order valence-corrected chi connectivity index (χ4v) is 3.98. The lowest BCUT2D eigenvalue weighted by Gasteiger charge is -2.18. The van der Waals surface area contributed by atoms with Gasteiger partial charge in [0.25, 0.3) is 0 Å². The van der Waals surface area contributed by atoms with Crippen molar-refractivity contribution in [2.45, 2.75) is 24.8 Å². The maximum Gasteiger partial charge on any atom is 0.231 e. The van der Waals surface area contributed by atoms with E-state index in [0.717, 1.165) is 40.4 Å². The predicted octanol–water partition coefficient (Wildman–Crippen LogP) is 3.56. The molecule has 1 saturated carbocycles. The fourth-order valence-electron chi connectivity index (χ4n) is 3.23. The Kier molecular flexibility index (Phi) is 4.42. The summed E-state index contributed by atoms with van der Waals surface area (Å²) in [5, 5.41) is 5.07. The van der Waals surface area contributed by atoms with E-state index in [1.54, 1.807) is 30.8 Å². The lowest BCUT2D eigenvalue weighted by Crippen LogP contribution is -2.35. The maximum absolute atomic E-state index is 13.0. The Hall–Kier alpha value is -2.73. The smallest absolute Gasteiger partial charge is 0.231 e. The van der Waals surface area contributed by atoms with Crippen LogP contribution < -0.4 is 10.1 Å².